The zero-order valence-corrected chi connectivity index (χ0v) is 11.8. The lowest BCUT2D eigenvalue weighted by atomic mass is 10.1. The van der Waals surface area contributed by atoms with Crippen LogP contribution in [0, 0.1) is 11.3 Å². The molecule has 0 unspecified atom stereocenters. The smallest absolute Gasteiger partial charge is 0.135 e. The van der Waals surface area contributed by atoms with Gasteiger partial charge in [-0.3, -0.25) is 0 Å². The second kappa shape index (κ2) is 5.35. The molecule has 3 aromatic rings. The molecule has 3 rings (SSSR count). The van der Waals surface area contributed by atoms with E-state index in [1.807, 2.05) is 36.4 Å². The van der Waals surface area contributed by atoms with Crippen molar-refractivity contribution in [1.29, 1.82) is 5.26 Å². The Morgan fingerprint density at radius 1 is 1.00 bits per heavy atom. The van der Waals surface area contributed by atoms with Gasteiger partial charge in [-0.2, -0.15) is 5.26 Å². The van der Waals surface area contributed by atoms with Crippen LogP contribution in [0.4, 0.5) is 5.69 Å². The topological polar surface area (TPSA) is 59.0 Å². The maximum Gasteiger partial charge on any atom is 0.135 e. The molecule has 0 spiro atoms. The van der Waals surface area contributed by atoms with Crippen molar-refractivity contribution in [3.8, 4) is 17.6 Å². The van der Waals surface area contributed by atoms with E-state index in [-0.39, 0.29) is 0 Å². The molecule has 2 N–H and O–H groups in total. The fraction of sp³-hybridized carbons (Fsp3) is 0. The Morgan fingerprint density at radius 2 is 1.76 bits per heavy atom. The molecule has 0 aromatic heterocycles. The largest absolute Gasteiger partial charge is 0.457 e. The number of nitriles is 1. The number of nitrogens with zero attached hydrogens (tertiary/aromatic N) is 1. The summed E-state index contributed by atoms with van der Waals surface area (Å²) in [4.78, 5) is 0. The lowest BCUT2D eigenvalue weighted by Gasteiger charge is -2.10. The molecular formula is C17H11ClN2O. The van der Waals surface area contributed by atoms with Gasteiger partial charge in [0.1, 0.15) is 17.6 Å². The zero-order valence-electron chi connectivity index (χ0n) is 11.0. The molecule has 0 radical (unpaired) electrons. The number of hydrogen-bond donors (Lipinski definition) is 1. The van der Waals surface area contributed by atoms with Gasteiger partial charge in [-0.1, -0.05) is 35.9 Å². The molecule has 0 aliphatic carbocycles. The Morgan fingerprint density at radius 3 is 2.48 bits per heavy atom. The molecule has 4 heteroatoms. The number of hydrogen-bond acceptors (Lipinski definition) is 3. The van der Waals surface area contributed by atoms with Gasteiger partial charge in [-0.25, -0.2) is 0 Å². The SMILES string of the molecule is N#Cc1ccc(Oc2ccc(Cl)c3ccccc23)cc1N. The normalized spacial score (nSPS) is 10.3. The third kappa shape index (κ3) is 2.49. The van der Waals surface area contributed by atoms with Crippen molar-refractivity contribution < 1.29 is 4.74 Å². The maximum absolute atomic E-state index is 8.89. The molecule has 0 amide bonds. The van der Waals surface area contributed by atoms with Crippen LogP contribution in [0.25, 0.3) is 10.8 Å². The van der Waals surface area contributed by atoms with Crippen molar-refractivity contribution in [2.24, 2.45) is 0 Å². The van der Waals surface area contributed by atoms with Gasteiger partial charge in [0, 0.05) is 21.9 Å². The summed E-state index contributed by atoms with van der Waals surface area (Å²) in [6, 6.07) is 18.4. The summed E-state index contributed by atoms with van der Waals surface area (Å²) in [6.07, 6.45) is 0. The zero-order chi connectivity index (χ0) is 14.8. The Hall–Kier alpha value is -2.70. The molecule has 3 aromatic carbocycles. The molecule has 0 saturated carbocycles. The highest BCUT2D eigenvalue weighted by molar-refractivity contribution is 6.35. The van der Waals surface area contributed by atoms with E-state index in [0.717, 1.165) is 10.8 Å². The number of anilines is 1. The molecule has 0 heterocycles. The van der Waals surface area contributed by atoms with Gasteiger partial charge in [-0.15, -0.1) is 0 Å². The molecule has 0 aliphatic rings. The van der Waals surface area contributed by atoms with Gasteiger partial charge in [-0.05, 0) is 24.3 Å². The van der Waals surface area contributed by atoms with Gasteiger partial charge in [0.05, 0.1) is 11.3 Å². The van der Waals surface area contributed by atoms with Gasteiger partial charge in [0.2, 0.25) is 0 Å². The van der Waals surface area contributed by atoms with Crippen LogP contribution in [0.2, 0.25) is 5.02 Å². The van der Waals surface area contributed by atoms with Crippen LogP contribution < -0.4 is 10.5 Å². The third-order valence-electron chi connectivity index (χ3n) is 3.20. The highest BCUT2D eigenvalue weighted by Gasteiger charge is 2.07. The quantitative estimate of drug-likeness (QED) is 0.694. The van der Waals surface area contributed by atoms with E-state index in [1.54, 1.807) is 24.3 Å². The summed E-state index contributed by atoms with van der Waals surface area (Å²) in [7, 11) is 0. The molecule has 102 valence electrons. The van der Waals surface area contributed by atoms with E-state index in [0.29, 0.717) is 27.8 Å². The minimum Gasteiger partial charge on any atom is -0.457 e. The van der Waals surface area contributed by atoms with Gasteiger partial charge >= 0.3 is 0 Å². The van der Waals surface area contributed by atoms with E-state index < -0.39 is 0 Å². The van der Waals surface area contributed by atoms with Crippen LogP contribution in [0.3, 0.4) is 0 Å². The first kappa shape index (κ1) is 13.3. The summed E-state index contributed by atoms with van der Waals surface area (Å²) in [6.45, 7) is 0. The minimum atomic E-state index is 0.397. The molecular weight excluding hydrogens is 284 g/mol. The average Bonchev–Trinajstić information content (AvgIpc) is 2.51. The van der Waals surface area contributed by atoms with Crippen molar-refractivity contribution in [1.82, 2.24) is 0 Å². The fourth-order valence-corrected chi connectivity index (χ4v) is 2.38. The third-order valence-corrected chi connectivity index (χ3v) is 3.53. The number of fused-ring (bicyclic) bond motifs is 1. The number of nitrogen functional groups attached to an aromatic ring is 1. The first-order valence-electron chi connectivity index (χ1n) is 6.34. The second-order valence-electron chi connectivity index (χ2n) is 4.55. The first-order valence-corrected chi connectivity index (χ1v) is 6.71. The minimum absolute atomic E-state index is 0.397. The van der Waals surface area contributed by atoms with Crippen LogP contribution in [-0.4, -0.2) is 0 Å². The van der Waals surface area contributed by atoms with Gasteiger partial charge in [0.25, 0.3) is 0 Å². The monoisotopic (exact) mass is 294 g/mol. The molecule has 21 heavy (non-hydrogen) atoms. The lowest BCUT2D eigenvalue weighted by molar-refractivity contribution is 0.488. The Balaban J connectivity index is 2.05. The first-order chi connectivity index (χ1) is 10.2. The molecule has 0 saturated heterocycles. The van der Waals surface area contributed by atoms with Crippen molar-refractivity contribution in [2.75, 3.05) is 5.73 Å². The van der Waals surface area contributed by atoms with E-state index >= 15 is 0 Å². The van der Waals surface area contributed by atoms with Crippen molar-refractivity contribution >= 4 is 28.1 Å². The number of benzene rings is 3. The number of ether oxygens (including phenoxy) is 1. The predicted octanol–water partition coefficient (Wildman–Crippen LogP) is 4.74. The summed E-state index contributed by atoms with van der Waals surface area (Å²) in [5, 5.41) is 11.4. The van der Waals surface area contributed by atoms with Crippen molar-refractivity contribution in [2.45, 2.75) is 0 Å². The molecule has 0 atom stereocenters. The molecule has 0 fully saturated rings. The fourth-order valence-electron chi connectivity index (χ4n) is 2.16. The van der Waals surface area contributed by atoms with Gasteiger partial charge < -0.3 is 10.5 Å². The summed E-state index contributed by atoms with van der Waals surface area (Å²) >= 11 is 6.19. The molecule has 0 bridgehead atoms. The van der Waals surface area contributed by atoms with Crippen LogP contribution in [0.5, 0.6) is 11.5 Å². The summed E-state index contributed by atoms with van der Waals surface area (Å²) in [5.74, 6) is 1.28. The summed E-state index contributed by atoms with van der Waals surface area (Å²) in [5.41, 5.74) is 6.63. The van der Waals surface area contributed by atoms with Gasteiger partial charge in [0.15, 0.2) is 0 Å². The highest BCUT2D eigenvalue weighted by atomic mass is 35.5. The lowest BCUT2D eigenvalue weighted by Crippen LogP contribution is -1.92. The van der Waals surface area contributed by atoms with Crippen LogP contribution in [0.15, 0.2) is 54.6 Å². The Kier molecular flexibility index (Phi) is 3.39. The number of rotatable bonds is 2. The molecule has 3 nitrogen and oxygen atoms in total. The van der Waals surface area contributed by atoms with E-state index in [2.05, 4.69) is 0 Å². The Bertz CT molecular complexity index is 868. The van der Waals surface area contributed by atoms with E-state index in [4.69, 9.17) is 27.3 Å². The van der Waals surface area contributed by atoms with Crippen molar-refractivity contribution in [3.05, 3.63) is 65.2 Å². The highest BCUT2D eigenvalue weighted by Crippen LogP contribution is 2.34. The predicted molar refractivity (Wildman–Crippen MR) is 84.6 cm³/mol. The number of halogens is 1. The van der Waals surface area contributed by atoms with E-state index in [1.165, 1.54) is 0 Å². The van der Waals surface area contributed by atoms with E-state index in [9.17, 15) is 0 Å². The maximum atomic E-state index is 8.89. The second-order valence-corrected chi connectivity index (χ2v) is 4.96. The Labute approximate surface area is 127 Å². The number of nitrogens with two attached hydrogens (primary N) is 1. The standard InChI is InChI=1S/C17H11ClN2O/c18-15-7-8-17(14-4-2-1-3-13(14)15)21-12-6-5-11(10-19)16(20)9-12/h1-9H,20H2. The van der Waals surface area contributed by atoms with Crippen LogP contribution in [-0.2, 0) is 0 Å². The average molecular weight is 295 g/mol. The van der Waals surface area contributed by atoms with Crippen LogP contribution in [0.1, 0.15) is 5.56 Å². The molecule has 0 aliphatic heterocycles. The van der Waals surface area contributed by atoms with Crippen molar-refractivity contribution in [3.63, 3.8) is 0 Å². The van der Waals surface area contributed by atoms with Crippen LogP contribution >= 0.6 is 11.6 Å². The summed E-state index contributed by atoms with van der Waals surface area (Å²) < 4.78 is 5.88.